The fraction of sp³-hybridized carbons (Fsp3) is 0.352. The molecule has 10 aromatic rings. The molecule has 0 aliphatic rings. The summed E-state index contributed by atoms with van der Waals surface area (Å²) in [6, 6.07) is 23.1. The zero-order valence-electron chi connectivity index (χ0n) is 69.3. The first-order valence-corrected chi connectivity index (χ1v) is 39.7. The zero-order chi connectivity index (χ0) is 86.1. The van der Waals surface area contributed by atoms with Crippen molar-refractivity contribution < 1.29 is 67.1 Å². The number of ether oxygens (including phenoxy) is 1. The molecule has 0 saturated heterocycles. The zero-order valence-corrected chi connectivity index (χ0v) is 70.0. The second-order valence-corrected chi connectivity index (χ2v) is 30.9. The Morgan fingerprint density at radius 2 is 0.756 bits per heavy atom. The third-order valence-electron chi connectivity index (χ3n) is 20.3. The van der Waals surface area contributed by atoms with E-state index in [0.717, 1.165) is 30.5 Å². The van der Waals surface area contributed by atoms with Gasteiger partial charge in [-0.05, 0) is 179 Å². The van der Waals surface area contributed by atoms with E-state index >= 15 is 0 Å². The number of nitrogens with one attached hydrogen (secondary N) is 7. The average Bonchev–Trinajstić information content (AvgIpc) is 1.50. The van der Waals surface area contributed by atoms with Crippen molar-refractivity contribution in [1.29, 1.82) is 0 Å². The minimum Gasteiger partial charge on any atom is -0.493 e. The Morgan fingerprint density at radius 3 is 1.22 bits per heavy atom. The van der Waals surface area contributed by atoms with Gasteiger partial charge in [0.25, 0.3) is 29.5 Å². The molecule has 0 radical (unpaired) electrons. The van der Waals surface area contributed by atoms with E-state index in [1.807, 2.05) is 34.1 Å². The summed E-state index contributed by atoms with van der Waals surface area (Å²) in [6.07, 6.45) is 17.4. The van der Waals surface area contributed by atoms with Gasteiger partial charge in [0.2, 0.25) is 11.8 Å². The SMILES string of the molecule is CCOc1ccc(CC(=O)CCCCC(=O)NCCC(=O)Nc2cc(C(=O)Nc3cc(C(=O)Nc4cc(C(=O)Nc5cc(C(=O)NCCCC(=O)Cc6cc(C(=O)Cc7cc(C(=O)Cc8cc(C(=O)Cc9cc(C(=O)CCCCN(C)C)n(C)c9)n(C)c8)n(C)c7)n(C)c6)n(C)c5)n(C)c4)n(C)c3)n(C)c2)cc1C(=O)Nc1ccc(Cl)c(C)c1. The molecule has 0 aliphatic heterocycles. The Labute approximate surface area is 694 Å². The molecule has 0 atom stereocenters. The summed E-state index contributed by atoms with van der Waals surface area (Å²) in [7, 11) is 17.6. The molecule has 0 aliphatic carbocycles. The topological polar surface area (TPSA) is 358 Å². The van der Waals surface area contributed by atoms with Crippen molar-refractivity contribution >= 4 is 116 Å². The molecule has 7 amide bonds. The number of aryl methyl sites for hydroxylation is 9. The Morgan fingerprint density at radius 1 is 0.353 bits per heavy atom. The van der Waals surface area contributed by atoms with Crippen molar-refractivity contribution in [2.75, 3.05) is 66.9 Å². The number of ketones is 6. The number of aromatic nitrogens is 8. The molecule has 119 heavy (non-hydrogen) atoms. The third kappa shape index (κ3) is 24.1. The highest BCUT2D eigenvalue weighted by atomic mass is 35.5. The van der Waals surface area contributed by atoms with Crippen LogP contribution >= 0.6 is 11.6 Å². The van der Waals surface area contributed by atoms with E-state index in [1.54, 1.807) is 183 Å². The number of anilines is 5. The quantitative estimate of drug-likeness (QED) is 0.0138. The summed E-state index contributed by atoms with van der Waals surface area (Å²) < 4.78 is 18.6. The number of hydrogen-bond donors (Lipinski definition) is 7. The number of amides is 7. The van der Waals surface area contributed by atoms with Crippen LogP contribution in [0.2, 0.25) is 5.02 Å². The van der Waals surface area contributed by atoms with Crippen LogP contribution < -0.4 is 42.0 Å². The minimum absolute atomic E-state index is 0.00768. The number of carbonyl (C=O) groups excluding carboxylic acids is 13. The van der Waals surface area contributed by atoms with Gasteiger partial charge in [0.05, 0.1) is 57.7 Å². The van der Waals surface area contributed by atoms with E-state index in [2.05, 4.69) is 42.1 Å². The molecular formula is C88H103ClN16O14. The van der Waals surface area contributed by atoms with Gasteiger partial charge < -0.3 is 83.4 Å². The van der Waals surface area contributed by atoms with Gasteiger partial charge in [0, 0.05) is 194 Å². The summed E-state index contributed by atoms with van der Waals surface area (Å²) in [5, 5.41) is 20.1. The molecule has 10 rings (SSSR count). The van der Waals surface area contributed by atoms with Crippen LogP contribution in [-0.4, -0.2) is 158 Å². The van der Waals surface area contributed by atoms with Gasteiger partial charge in [-0.25, -0.2) is 0 Å². The second-order valence-electron chi connectivity index (χ2n) is 30.5. The molecule has 0 bridgehead atoms. The highest BCUT2D eigenvalue weighted by Gasteiger charge is 2.26. The Kier molecular flexibility index (Phi) is 29.9. The van der Waals surface area contributed by atoms with E-state index < -0.39 is 35.4 Å². The fourth-order valence-electron chi connectivity index (χ4n) is 14.2. The number of nitrogens with zero attached hydrogens (tertiary/aromatic N) is 9. The molecule has 2 aromatic carbocycles. The van der Waals surface area contributed by atoms with E-state index in [0.29, 0.717) is 122 Å². The fourth-order valence-corrected chi connectivity index (χ4v) is 14.3. The summed E-state index contributed by atoms with van der Waals surface area (Å²) in [4.78, 5) is 175. The molecule has 31 heteroatoms. The van der Waals surface area contributed by atoms with Crippen LogP contribution in [0.15, 0.2) is 135 Å². The standard InChI is InChI=1S/C88H103ClN16O14/c1-13-119-81-26-23-55(34-67(81)84(114)93-60-24-25-68(89)54(2)31-60)32-65(106)19-14-15-22-82(112)90-29-27-83(113)92-61-42-74(103(10)50-61)86(116)95-63-44-76(105(12)52-63)88(118)96-64-45-75(104(11)53-64)87(117)94-62-43-73(102(9)51-62)85(115)91-28-18-20-66(107)33-56-35-70(99(6)46-56)78(109)40-58-37-72(101(8)48-58)80(111)41-59-38-71(100(7)49-59)79(110)39-57-36-69(98(5)47-57)77(108)21-16-17-30-97(3)4/h23-26,31,34-38,42-53H,13-22,27-30,32-33,39-41H2,1-12H3,(H,90,112)(H,91,115)(H,92,113)(H,93,114)(H,94,117)(H,95,116)(H,96,118). The summed E-state index contributed by atoms with van der Waals surface area (Å²) in [6.45, 7) is 5.13. The molecule has 0 unspecified atom stereocenters. The van der Waals surface area contributed by atoms with Gasteiger partial charge in [-0.2, -0.15) is 0 Å². The van der Waals surface area contributed by atoms with E-state index in [1.165, 1.54) is 38.0 Å². The highest BCUT2D eigenvalue weighted by molar-refractivity contribution is 6.31. The summed E-state index contributed by atoms with van der Waals surface area (Å²) in [5.74, 6) is -3.37. The maximum Gasteiger partial charge on any atom is 0.272 e. The first-order chi connectivity index (χ1) is 56.6. The van der Waals surface area contributed by atoms with Crippen LogP contribution in [0.4, 0.5) is 28.4 Å². The molecule has 8 aromatic heterocycles. The number of carbonyl (C=O) groups is 13. The number of benzene rings is 2. The van der Waals surface area contributed by atoms with Crippen molar-refractivity contribution in [3.63, 3.8) is 0 Å². The van der Waals surface area contributed by atoms with Crippen LogP contribution in [0.3, 0.4) is 0 Å². The highest BCUT2D eigenvalue weighted by Crippen LogP contribution is 2.28. The first kappa shape index (κ1) is 88.4. The van der Waals surface area contributed by atoms with Gasteiger partial charge in [-0.3, -0.25) is 62.3 Å². The number of unbranched alkanes of at least 4 members (excludes halogenated alkanes) is 2. The second kappa shape index (κ2) is 40.3. The lowest BCUT2D eigenvalue weighted by Gasteiger charge is -2.13. The predicted molar refractivity (Wildman–Crippen MR) is 453 cm³/mol. The van der Waals surface area contributed by atoms with Crippen molar-refractivity contribution in [3.05, 3.63) is 224 Å². The van der Waals surface area contributed by atoms with Crippen molar-refractivity contribution in [2.24, 2.45) is 56.4 Å². The molecule has 0 fully saturated rings. The van der Waals surface area contributed by atoms with Crippen LogP contribution in [0.5, 0.6) is 5.75 Å². The van der Waals surface area contributed by atoms with Gasteiger partial charge in [-0.15, -0.1) is 0 Å². The first-order valence-electron chi connectivity index (χ1n) is 39.3. The van der Waals surface area contributed by atoms with Crippen LogP contribution in [-0.2, 0) is 108 Å². The lowest BCUT2D eigenvalue weighted by Crippen LogP contribution is -2.27. The van der Waals surface area contributed by atoms with E-state index in [-0.39, 0.29) is 134 Å². The average molecular weight is 1640 g/mol. The van der Waals surface area contributed by atoms with Gasteiger partial charge in [0.1, 0.15) is 40.1 Å². The minimum atomic E-state index is -0.545. The molecule has 0 saturated carbocycles. The molecule has 30 nitrogen and oxygen atoms in total. The Hall–Kier alpha value is -13.0. The number of halogens is 1. The molecule has 8 heterocycles. The van der Waals surface area contributed by atoms with E-state index in [4.69, 9.17) is 16.3 Å². The van der Waals surface area contributed by atoms with Crippen LogP contribution in [0.25, 0.3) is 0 Å². The molecule has 7 N–H and O–H groups in total. The molecular weight excluding hydrogens is 1540 g/mol. The van der Waals surface area contributed by atoms with Gasteiger partial charge >= 0.3 is 0 Å². The number of hydrogen-bond acceptors (Lipinski definition) is 15. The Balaban J connectivity index is 0.601. The molecule has 626 valence electrons. The van der Waals surface area contributed by atoms with Crippen molar-refractivity contribution in [1.82, 2.24) is 52.1 Å². The van der Waals surface area contributed by atoms with Crippen molar-refractivity contribution in [3.8, 4) is 5.75 Å². The maximum absolute atomic E-state index is 13.7. The number of rotatable bonds is 43. The van der Waals surface area contributed by atoms with E-state index in [9.17, 15) is 62.3 Å². The largest absolute Gasteiger partial charge is 0.493 e. The third-order valence-corrected chi connectivity index (χ3v) is 20.7. The predicted octanol–water partition coefficient (Wildman–Crippen LogP) is 11.1. The lowest BCUT2D eigenvalue weighted by molar-refractivity contribution is -0.122. The Bertz CT molecular complexity index is 5530. The van der Waals surface area contributed by atoms with Crippen molar-refractivity contribution in [2.45, 2.75) is 110 Å². The lowest BCUT2D eigenvalue weighted by atomic mass is 10.0. The maximum atomic E-state index is 13.7. The van der Waals surface area contributed by atoms with Gasteiger partial charge in [0.15, 0.2) is 23.1 Å². The monoisotopic (exact) mass is 1640 g/mol. The number of Topliss-reactive ketones (excluding diaryl/α,β-unsaturated/α-hetero) is 6. The van der Waals surface area contributed by atoms with Crippen LogP contribution in [0.1, 0.15) is 199 Å². The normalized spacial score (nSPS) is 11.2. The summed E-state index contributed by atoms with van der Waals surface area (Å²) in [5.41, 5.74) is 8.84. The van der Waals surface area contributed by atoms with Crippen LogP contribution in [0, 0.1) is 6.92 Å². The smallest absolute Gasteiger partial charge is 0.272 e. The van der Waals surface area contributed by atoms with Gasteiger partial charge in [-0.1, -0.05) is 17.7 Å². The summed E-state index contributed by atoms with van der Waals surface area (Å²) >= 11 is 6.15. The molecule has 0 spiro atoms.